The first kappa shape index (κ1) is 24.9. The molecule has 0 saturated carbocycles. The maximum absolute atomic E-state index is 13.0. The van der Waals surface area contributed by atoms with Gasteiger partial charge in [0.05, 0.1) is 11.3 Å². The molecule has 184 valence electrons. The van der Waals surface area contributed by atoms with Crippen LogP contribution < -0.4 is 11.1 Å². The average molecular weight is 494 g/mol. The minimum atomic E-state index is -0.190. The van der Waals surface area contributed by atoms with Gasteiger partial charge in [0.15, 0.2) is 0 Å². The number of rotatable bonds is 9. The van der Waals surface area contributed by atoms with E-state index in [2.05, 4.69) is 20.4 Å². The quantitative estimate of drug-likeness (QED) is 0.434. The molecule has 0 radical (unpaired) electrons. The number of aryl methyl sites for hydroxylation is 2. The molecule has 1 aliphatic heterocycles. The van der Waals surface area contributed by atoms with Crippen molar-refractivity contribution in [2.24, 2.45) is 11.7 Å². The normalized spacial score (nSPS) is 14.7. The highest BCUT2D eigenvalue weighted by Crippen LogP contribution is 2.27. The van der Waals surface area contributed by atoms with Crippen LogP contribution in [0.25, 0.3) is 0 Å². The molecule has 1 aliphatic rings. The number of hydrogen-bond acceptors (Lipinski definition) is 7. The second kappa shape index (κ2) is 11.5. The summed E-state index contributed by atoms with van der Waals surface area (Å²) >= 11 is 1.49. The molecule has 0 bridgehead atoms. The predicted molar refractivity (Wildman–Crippen MR) is 136 cm³/mol. The molecule has 2 aromatic heterocycles. The van der Waals surface area contributed by atoms with E-state index in [1.165, 1.54) is 17.3 Å². The fraction of sp³-hybridized carbons (Fsp3) is 0.385. The number of nitrogens with one attached hydrogen (secondary N) is 1. The molecule has 1 fully saturated rings. The molecule has 9 heteroatoms. The minimum absolute atomic E-state index is 0.0174. The van der Waals surface area contributed by atoms with E-state index >= 15 is 0 Å². The van der Waals surface area contributed by atoms with Crippen molar-refractivity contribution in [2.75, 3.05) is 25.0 Å². The van der Waals surface area contributed by atoms with Crippen LogP contribution in [0.2, 0.25) is 0 Å². The Morgan fingerprint density at radius 2 is 1.91 bits per heavy atom. The molecule has 3 heterocycles. The maximum atomic E-state index is 13.0. The molecule has 0 atom stereocenters. The minimum Gasteiger partial charge on any atom is -0.369 e. The summed E-state index contributed by atoms with van der Waals surface area (Å²) in [6.45, 7) is 6.55. The predicted octanol–water partition coefficient (Wildman–Crippen LogP) is 3.97. The van der Waals surface area contributed by atoms with Crippen LogP contribution in [0.15, 0.2) is 52.1 Å². The lowest BCUT2D eigenvalue weighted by Crippen LogP contribution is -2.39. The topological polar surface area (TPSA) is 114 Å². The van der Waals surface area contributed by atoms with Gasteiger partial charge in [0.25, 0.3) is 5.91 Å². The molecule has 35 heavy (non-hydrogen) atoms. The van der Waals surface area contributed by atoms with Gasteiger partial charge in [0.1, 0.15) is 10.8 Å². The van der Waals surface area contributed by atoms with Crippen molar-refractivity contribution >= 4 is 29.3 Å². The van der Waals surface area contributed by atoms with Gasteiger partial charge in [0, 0.05) is 35.7 Å². The molecule has 0 unspecified atom stereocenters. The summed E-state index contributed by atoms with van der Waals surface area (Å²) in [7, 11) is 0. The number of carbonyl (C=O) groups is 2. The molecule has 8 nitrogen and oxygen atoms in total. The average Bonchev–Trinajstić information content (AvgIpc) is 3.19. The van der Waals surface area contributed by atoms with Crippen molar-refractivity contribution in [2.45, 2.75) is 43.9 Å². The third kappa shape index (κ3) is 6.49. The molecule has 0 aliphatic carbocycles. The molecule has 4 rings (SSSR count). The van der Waals surface area contributed by atoms with Gasteiger partial charge >= 0.3 is 0 Å². The standard InChI is InChI=1S/C26H31N5O3S/c1-17-23(18(2)34-30-17)16-35-26-22(4-3-12-28-26)25(33)29-21-7-5-19(6-8-21)9-13-31-14-10-20(11-15-31)24(27)32/h3-8,12,20H,9-11,13-16H2,1-2H3,(H2,27,32)(H,29,33). The van der Waals surface area contributed by atoms with E-state index in [-0.39, 0.29) is 17.7 Å². The number of piperidine rings is 1. The first-order valence-corrected chi connectivity index (χ1v) is 12.8. The van der Waals surface area contributed by atoms with Crippen LogP contribution in [0.5, 0.6) is 0 Å². The van der Waals surface area contributed by atoms with Gasteiger partial charge in [-0.3, -0.25) is 9.59 Å². The van der Waals surface area contributed by atoms with Crippen molar-refractivity contribution in [3.63, 3.8) is 0 Å². The zero-order valence-electron chi connectivity index (χ0n) is 20.1. The lowest BCUT2D eigenvalue weighted by atomic mass is 9.96. The summed E-state index contributed by atoms with van der Waals surface area (Å²) in [6.07, 6.45) is 4.29. The summed E-state index contributed by atoms with van der Waals surface area (Å²) in [5.41, 5.74) is 9.78. The lowest BCUT2D eigenvalue weighted by Gasteiger charge is -2.30. The summed E-state index contributed by atoms with van der Waals surface area (Å²) in [5, 5.41) is 7.64. The second-order valence-electron chi connectivity index (χ2n) is 8.87. The number of nitrogens with zero attached hydrogens (tertiary/aromatic N) is 3. The third-order valence-electron chi connectivity index (χ3n) is 6.47. The Labute approximate surface area is 209 Å². The van der Waals surface area contributed by atoms with Crippen molar-refractivity contribution in [3.8, 4) is 0 Å². The fourth-order valence-electron chi connectivity index (χ4n) is 4.21. The SMILES string of the molecule is Cc1noc(C)c1CSc1ncccc1C(=O)Nc1ccc(CCN2CCC(C(N)=O)CC2)cc1. The highest BCUT2D eigenvalue weighted by atomic mass is 32.2. The molecule has 1 aromatic carbocycles. The number of thioether (sulfide) groups is 1. The Bertz CT molecular complexity index is 1150. The van der Waals surface area contributed by atoms with Crippen LogP contribution >= 0.6 is 11.8 Å². The van der Waals surface area contributed by atoms with E-state index in [4.69, 9.17) is 10.3 Å². The van der Waals surface area contributed by atoms with Gasteiger partial charge < -0.3 is 20.5 Å². The third-order valence-corrected chi connectivity index (χ3v) is 7.50. The van der Waals surface area contributed by atoms with Crippen LogP contribution in [-0.4, -0.2) is 46.5 Å². The molecule has 1 saturated heterocycles. The Morgan fingerprint density at radius 3 is 2.57 bits per heavy atom. The monoisotopic (exact) mass is 493 g/mol. The van der Waals surface area contributed by atoms with Crippen LogP contribution in [0.1, 0.15) is 45.8 Å². The molecular weight excluding hydrogens is 462 g/mol. The zero-order valence-corrected chi connectivity index (χ0v) is 20.9. The number of anilines is 1. The number of benzene rings is 1. The number of amides is 2. The summed E-state index contributed by atoms with van der Waals surface area (Å²) in [6, 6.07) is 11.5. The summed E-state index contributed by atoms with van der Waals surface area (Å²) in [5.74, 6) is 1.06. The van der Waals surface area contributed by atoms with E-state index < -0.39 is 0 Å². The van der Waals surface area contributed by atoms with Gasteiger partial charge in [-0.15, -0.1) is 11.8 Å². The number of carbonyl (C=O) groups excluding carboxylic acids is 2. The smallest absolute Gasteiger partial charge is 0.258 e. The zero-order chi connectivity index (χ0) is 24.8. The molecule has 3 N–H and O–H groups in total. The van der Waals surface area contributed by atoms with Gasteiger partial charge in [-0.2, -0.15) is 0 Å². The highest BCUT2D eigenvalue weighted by molar-refractivity contribution is 7.98. The molecular formula is C26H31N5O3S. The highest BCUT2D eigenvalue weighted by Gasteiger charge is 2.22. The number of hydrogen-bond donors (Lipinski definition) is 2. The van der Waals surface area contributed by atoms with Crippen LogP contribution in [0.3, 0.4) is 0 Å². The van der Waals surface area contributed by atoms with E-state index in [9.17, 15) is 9.59 Å². The number of likely N-dealkylation sites (tertiary alicyclic amines) is 1. The maximum Gasteiger partial charge on any atom is 0.258 e. The van der Waals surface area contributed by atoms with Gasteiger partial charge in [0.2, 0.25) is 5.91 Å². The second-order valence-corrected chi connectivity index (χ2v) is 9.83. The van der Waals surface area contributed by atoms with E-state index in [0.29, 0.717) is 16.3 Å². The van der Waals surface area contributed by atoms with Crippen LogP contribution in [-0.2, 0) is 17.0 Å². The van der Waals surface area contributed by atoms with Crippen molar-refractivity contribution in [1.82, 2.24) is 15.0 Å². The van der Waals surface area contributed by atoms with Crippen molar-refractivity contribution < 1.29 is 14.1 Å². The molecule has 2 amide bonds. The Balaban J connectivity index is 1.30. The van der Waals surface area contributed by atoms with Crippen molar-refractivity contribution in [1.29, 1.82) is 0 Å². The Hall–Kier alpha value is -3.17. The summed E-state index contributed by atoms with van der Waals surface area (Å²) < 4.78 is 5.23. The van der Waals surface area contributed by atoms with Gasteiger partial charge in [-0.25, -0.2) is 4.98 Å². The number of aromatic nitrogens is 2. The van der Waals surface area contributed by atoms with E-state index in [0.717, 1.165) is 61.6 Å². The fourth-order valence-corrected chi connectivity index (χ4v) is 5.35. The number of nitrogens with two attached hydrogens (primary N) is 1. The van der Waals surface area contributed by atoms with Gasteiger partial charge in [-0.05, 0) is 76.0 Å². The number of primary amides is 1. The van der Waals surface area contributed by atoms with Crippen molar-refractivity contribution in [3.05, 3.63) is 70.7 Å². The first-order valence-electron chi connectivity index (χ1n) is 11.8. The van der Waals surface area contributed by atoms with Crippen LogP contribution in [0.4, 0.5) is 5.69 Å². The Kier molecular flexibility index (Phi) is 8.20. The Morgan fingerprint density at radius 1 is 1.17 bits per heavy atom. The lowest BCUT2D eigenvalue weighted by molar-refractivity contribution is -0.123. The summed E-state index contributed by atoms with van der Waals surface area (Å²) in [4.78, 5) is 31.1. The van der Waals surface area contributed by atoms with Gasteiger partial charge in [-0.1, -0.05) is 17.3 Å². The largest absolute Gasteiger partial charge is 0.369 e. The van der Waals surface area contributed by atoms with Crippen LogP contribution in [0, 0.1) is 19.8 Å². The molecule has 3 aromatic rings. The van der Waals surface area contributed by atoms with E-state index in [1.807, 2.05) is 38.1 Å². The van der Waals surface area contributed by atoms with E-state index in [1.54, 1.807) is 18.3 Å². The number of pyridine rings is 1. The molecule has 0 spiro atoms. The first-order chi connectivity index (χ1) is 16.9.